The number of nitrogens with one attached hydrogen (secondary N) is 4. The number of rotatable bonds is 14. The number of hydrogen-bond donors (Lipinski definition) is 4. The molecule has 5 aromatic rings. The molecular weight excluding hydrogens is 568 g/mol. The molecule has 2 aromatic heterocycles. The number of carbonyl (C=O) groups is 2. The number of H-pyrrole nitrogens is 1. The standard InChI is InChI=1S/C35H40N6O2S/c1-24-17-21-44-35(24)41(3)20-7-12-31(34(43)39-25(2)29-11-6-9-27-8-4-5-10-30(27)29)40-33(42)28-15-13-26(14-16-28)22-36-23-32-37-18-19-38-32/h4-6,8-11,13-19,21,25,31,36H,7,12,20,22-23H2,1-3H3,(H,37,38)(H,39,43)(H,40,42)/t25?,31-/m0/s1. The van der Waals surface area contributed by atoms with Crippen LogP contribution in [-0.2, 0) is 17.9 Å². The number of imidazole rings is 1. The fourth-order valence-electron chi connectivity index (χ4n) is 5.41. The molecule has 0 fully saturated rings. The number of hydrogen-bond acceptors (Lipinski definition) is 6. The van der Waals surface area contributed by atoms with Crippen LogP contribution in [0, 0.1) is 6.92 Å². The van der Waals surface area contributed by atoms with Gasteiger partial charge in [0.05, 0.1) is 17.6 Å². The first-order valence-electron chi connectivity index (χ1n) is 15.0. The molecule has 0 spiro atoms. The molecule has 0 aliphatic carbocycles. The molecule has 228 valence electrons. The van der Waals surface area contributed by atoms with Gasteiger partial charge in [-0.3, -0.25) is 9.59 Å². The third-order valence-electron chi connectivity index (χ3n) is 7.83. The summed E-state index contributed by atoms with van der Waals surface area (Å²) in [6.07, 6.45) is 4.79. The van der Waals surface area contributed by atoms with Gasteiger partial charge >= 0.3 is 0 Å². The Balaban J connectivity index is 1.24. The van der Waals surface area contributed by atoms with Crippen LogP contribution in [0.3, 0.4) is 0 Å². The lowest BCUT2D eigenvalue weighted by Gasteiger charge is -2.24. The summed E-state index contributed by atoms with van der Waals surface area (Å²) in [6, 6.07) is 23.0. The van der Waals surface area contributed by atoms with Crippen LogP contribution in [0.5, 0.6) is 0 Å². The van der Waals surface area contributed by atoms with E-state index in [2.05, 4.69) is 74.4 Å². The van der Waals surface area contributed by atoms with Crippen LogP contribution in [0.4, 0.5) is 5.00 Å². The Morgan fingerprint density at radius 1 is 0.977 bits per heavy atom. The van der Waals surface area contributed by atoms with Gasteiger partial charge in [-0.15, -0.1) is 11.3 Å². The van der Waals surface area contributed by atoms with Gasteiger partial charge in [0.2, 0.25) is 5.91 Å². The van der Waals surface area contributed by atoms with E-state index < -0.39 is 6.04 Å². The van der Waals surface area contributed by atoms with Crippen LogP contribution >= 0.6 is 11.3 Å². The molecule has 2 heterocycles. The monoisotopic (exact) mass is 608 g/mol. The van der Waals surface area contributed by atoms with Crippen LogP contribution in [0.25, 0.3) is 10.8 Å². The molecule has 5 rings (SSSR count). The van der Waals surface area contributed by atoms with Crippen molar-refractivity contribution in [2.45, 2.75) is 51.9 Å². The number of carbonyl (C=O) groups excluding carboxylic acids is 2. The van der Waals surface area contributed by atoms with Gasteiger partial charge in [-0.05, 0) is 77.7 Å². The average Bonchev–Trinajstić information content (AvgIpc) is 3.72. The lowest BCUT2D eigenvalue weighted by molar-refractivity contribution is -0.123. The van der Waals surface area contributed by atoms with Crippen molar-refractivity contribution in [3.63, 3.8) is 0 Å². The van der Waals surface area contributed by atoms with Crippen molar-refractivity contribution in [1.29, 1.82) is 0 Å². The summed E-state index contributed by atoms with van der Waals surface area (Å²) in [5, 5.41) is 15.1. The topological polar surface area (TPSA) is 102 Å². The van der Waals surface area contributed by atoms with E-state index in [0.717, 1.165) is 40.7 Å². The number of amides is 2. The zero-order valence-electron chi connectivity index (χ0n) is 25.5. The van der Waals surface area contributed by atoms with Gasteiger partial charge in [0.1, 0.15) is 11.9 Å². The zero-order valence-corrected chi connectivity index (χ0v) is 26.3. The van der Waals surface area contributed by atoms with Crippen molar-refractivity contribution in [2.24, 2.45) is 0 Å². The first-order chi connectivity index (χ1) is 21.4. The van der Waals surface area contributed by atoms with E-state index in [-0.39, 0.29) is 17.9 Å². The van der Waals surface area contributed by atoms with Crippen molar-refractivity contribution < 1.29 is 9.59 Å². The minimum Gasteiger partial charge on any atom is -0.366 e. The predicted octanol–water partition coefficient (Wildman–Crippen LogP) is 6.12. The maximum atomic E-state index is 13.7. The van der Waals surface area contributed by atoms with E-state index in [1.807, 2.05) is 43.3 Å². The summed E-state index contributed by atoms with van der Waals surface area (Å²) in [4.78, 5) is 36.6. The number of nitrogens with zero attached hydrogens (tertiary/aromatic N) is 2. The minimum absolute atomic E-state index is 0.188. The Labute approximate surface area is 262 Å². The maximum Gasteiger partial charge on any atom is 0.251 e. The van der Waals surface area contributed by atoms with Crippen molar-refractivity contribution >= 4 is 38.9 Å². The summed E-state index contributed by atoms with van der Waals surface area (Å²) in [5.41, 5.74) is 3.86. The molecule has 0 aliphatic heterocycles. The van der Waals surface area contributed by atoms with Crippen molar-refractivity contribution in [3.8, 4) is 0 Å². The lowest BCUT2D eigenvalue weighted by Crippen LogP contribution is -2.47. The predicted molar refractivity (Wildman–Crippen MR) is 179 cm³/mol. The van der Waals surface area contributed by atoms with E-state index in [1.54, 1.807) is 35.9 Å². The number of aromatic amines is 1. The smallest absolute Gasteiger partial charge is 0.251 e. The lowest BCUT2D eigenvalue weighted by atomic mass is 9.99. The Kier molecular flexibility index (Phi) is 10.4. The molecule has 0 saturated heterocycles. The highest BCUT2D eigenvalue weighted by Crippen LogP contribution is 2.26. The van der Waals surface area contributed by atoms with E-state index in [4.69, 9.17) is 0 Å². The second kappa shape index (κ2) is 14.8. The third kappa shape index (κ3) is 7.92. The Morgan fingerprint density at radius 3 is 2.52 bits per heavy atom. The van der Waals surface area contributed by atoms with Crippen molar-refractivity contribution in [2.75, 3.05) is 18.5 Å². The van der Waals surface area contributed by atoms with E-state index in [9.17, 15) is 9.59 Å². The van der Waals surface area contributed by atoms with E-state index in [0.29, 0.717) is 25.1 Å². The number of anilines is 1. The fraction of sp³-hybridized carbons (Fsp3) is 0.286. The quantitative estimate of drug-likeness (QED) is 0.122. The first-order valence-corrected chi connectivity index (χ1v) is 15.9. The molecule has 4 N–H and O–H groups in total. The number of fused-ring (bicyclic) bond motifs is 1. The zero-order chi connectivity index (χ0) is 30.9. The van der Waals surface area contributed by atoms with Gasteiger partial charge in [0, 0.05) is 38.1 Å². The molecule has 44 heavy (non-hydrogen) atoms. The molecule has 0 bridgehead atoms. The summed E-state index contributed by atoms with van der Waals surface area (Å²) >= 11 is 1.71. The normalized spacial score (nSPS) is 12.5. The second-order valence-electron chi connectivity index (χ2n) is 11.1. The Bertz CT molecular complexity index is 1660. The number of aromatic nitrogens is 2. The van der Waals surface area contributed by atoms with E-state index in [1.165, 1.54) is 10.6 Å². The number of thiophene rings is 1. The second-order valence-corrected chi connectivity index (χ2v) is 12.0. The van der Waals surface area contributed by atoms with Crippen LogP contribution in [-0.4, -0.2) is 41.4 Å². The molecule has 8 nitrogen and oxygen atoms in total. The Hall–Kier alpha value is -4.47. The van der Waals surface area contributed by atoms with Gasteiger partial charge in [-0.1, -0.05) is 54.6 Å². The first kappa shape index (κ1) is 31.0. The largest absolute Gasteiger partial charge is 0.366 e. The highest BCUT2D eigenvalue weighted by atomic mass is 32.1. The van der Waals surface area contributed by atoms with Gasteiger partial charge in [0.25, 0.3) is 5.91 Å². The van der Waals surface area contributed by atoms with Gasteiger partial charge in [0.15, 0.2) is 0 Å². The van der Waals surface area contributed by atoms with Crippen molar-refractivity contribution in [1.82, 2.24) is 25.9 Å². The van der Waals surface area contributed by atoms with Gasteiger partial charge in [-0.25, -0.2) is 4.98 Å². The highest BCUT2D eigenvalue weighted by Gasteiger charge is 2.24. The fourth-order valence-corrected chi connectivity index (χ4v) is 6.34. The molecule has 2 amide bonds. The number of benzene rings is 3. The molecule has 9 heteroatoms. The molecule has 1 unspecified atom stereocenters. The molecule has 0 aliphatic rings. The van der Waals surface area contributed by atoms with Crippen LogP contribution in [0.2, 0.25) is 0 Å². The molecule has 0 radical (unpaired) electrons. The molecule has 3 aromatic carbocycles. The van der Waals surface area contributed by atoms with Crippen LogP contribution in [0.1, 0.15) is 58.7 Å². The average molecular weight is 609 g/mol. The van der Waals surface area contributed by atoms with Crippen LogP contribution in [0.15, 0.2) is 90.6 Å². The summed E-state index contributed by atoms with van der Waals surface area (Å²) < 4.78 is 0. The van der Waals surface area contributed by atoms with Gasteiger partial charge < -0.3 is 25.8 Å². The molecular formula is C35H40N6O2S. The number of aryl methyl sites for hydroxylation is 1. The van der Waals surface area contributed by atoms with E-state index >= 15 is 0 Å². The SMILES string of the molecule is Cc1ccsc1N(C)CCC[C@H](NC(=O)c1ccc(CNCc2ncc[nH]2)cc1)C(=O)NC(C)c1cccc2ccccc12. The van der Waals surface area contributed by atoms with Crippen molar-refractivity contribution in [3.05, 3.63) is 119 Å². The Morgan fingerprint density at radius 2 is 1.77 bits per heavy atom. The summed E-state index contributed by atoms with van der Waals surface area (Å²) in [6.45, 7) is 6.15. The van der Waals surface area contributed by atoms with Gasteiger partial charge in [-0.2, -0.15) is 0 Å². The summed E-state index contributed by atoms with van der Waals surface area (Å²) in [7, 11) is 2.07. The summed E-state index contributed by atoms with van der Waals surface area (Å²) in [5.74, 6) is 0.421. The minimum atomic E-state index is -0.674. The molecule has 0 saturated carbocycles. The van der Waals surface area contributed by atoms with Crippen LogP contribution < -0.4 is 20.9 Å². The third-order valence-corrected chi connectivity index (χ3v) is 8.96. The highest BCUT2D eigenvalue weighted by molar-refractivity contribution is 7.14. The maximum absolute atomic E-state index is 13.7. The molecule has 2 atom stereocenters.